The number of nitrogens with zero attached hydrogens (tertiary/aromatic N) is 1. The molecule has 1 amide bonds. The second-order valence-electron chi connectivity index (χ2n) is 7.53. The summed E-state index contributed by atoms with van der Waals surface area (Å²) in [5.41, 5.74) is 2.22. The number of pyridine rings is 1. The Morgan fingerprint density at radius 1 is 1.27 bits per heavy atom. The summed E-state index contributed by atoms with van der Waals surface area (Å²) in [5, 5.41) is 15.0. The van der Waals surface area contributed by atoms with Crippen molar-refractivity contribution in [2.75, 3.05) is 24.2 Å². The molecule has 1 aromatic rings. The van der Waals surface area contributed by atoms with Crippen molar-refractivity contribution in [3.63, 3.8) is 0 Å². The molecule has 0 saturated carbocycles. The molecule has 1 aliphatic heterocycles. The van der Waals surface area contributed by atoms with Gasteiger partial charge in [0.25, 0.3) is 0 Å². The predicted molar refractivity (Wildman–Crippen MR) is 115 cm³/mol. The van der Waals surface area contributed by atoms with Gasteiger partial charge in [0.05, 0.1) is 5.75 Å². The van der Waals surface area contributed by atoms with Crippen molar-refractivity contribution >= 4 is 27.7 Å². The summed E-state index contributed by atoms with van der Waals surface area (Å²) in [6, 6.07) is 2.75. The van der Waals surface area contributed by atoms with Crippen LogP contribution in [-0.2, 0) is 32.5 Å². The number of hydrogen-bond donors (Lipinski definition) is 4. The molecular weight excluding hydrogens is 408 g/mol. The first-order chi connectivity index (χ1) is 14.3. The van der Waals surface area contributed by atoms with E-state index in [-0.39, 0.29) is 24.6 Å². The summed E-state index contributed by atoms with van der Waals surface area (Å²) in [6.07, 6.45) is 5.72. The number of aryl methyl sites for hydroxylation is 2. The summed E-state index contributed by atoms with van der Waals surface area (Å²) in [6.45, 7) is 2.51. The van der Waals surface area contributed by atoms with Crippen molar-refractivity contribution in [3.05, 3.63) is 23.4 Å². The number of aliphatic carboxylic acids is 1. The van der Waals surface area contributed by atoms with Gasteiger partial charge in [-0.1, -0.05) is 19.4 Å². The van der Waals surface area contributed by atoms with Gasteiger partial charge in [-0.05, 0) is 50.2 Å². The molecular formula is C20H32N4O5S. The molecule has 0 unspecified atom stereocenters. The highest BCUT2D eigenvalue weighted by molar-refractivity contribution is 7.89. The zero-order chi connectivity index (χ0) is 22.0. The third-order valence-electron chi connectivity index (χ3n) is 4.93. The number of carbonyl (C=O) groups excluding carboxylic acids is 1. The lowest BCUT2D eigenvalue weighted by molar-refractivity contribution is -0.138. The number of aromatic nitrogens is 1. The fourth-order valence-electron chi connectivity index (χ4n) is 3.19. The lowest BCUT2D eigenvalue weighted by Crippen LogP contribution is -2.48. The van der Waals surface area contributed by atoms with Crippen molar-refractivity contribution in [1.82, 2.24) is 15.0 Å². The summed E-state index contributed by atoms with van der Waals surface area (Å²) in [7, 11) is -3.69. The molecule has 9 nitrogen and oxygen atoms in total. The molecule has 1 atom stereocenters. The molecule has 1 aromatic heterocycles. The molecule has 30 heavy (non-hydrogen) atoms. The molecule has 0 bridgehead atoms. The van der Waals surface area contributed by atoms with Crippen LogP contribution in [-0.4, -0.2) is 55.3 Å². The van der Waals surface area contributed by atoms with Gasteiger partial charge in [-0.15, -0.1) is 0 Å². The van der Waals surface area contributed by atoms with E-state index in [0.29, 0.717) is 19.3 Å². The van der Waals surface area contributed by atoms with E-state index in [1.165, 1.54) is 5.56 Å². The van der Waals surface area contributed by atoms with Crippen LogP contribution in [0.15, 0.2) is 12.1 Å². The molecule has 0 spiro atoms. The lowest BCUT2D eigenvalue weighted by atomic mass is 10.1. The smallest absolute Gasteiger partial charge is 0.323 e. The third kappa shape index (κ3) is 8.27. The average molecular weight is 441 g/mol. The Hall–Kier alpha value is -2.20. The summed E-state index contributed by atoms with van der Waals surface area (Å²) in [5.74, 6) is -0.790. The minimum Gasteiger partial charge on any atom is -0.480 e. The van der Waals surface area contributed by atoms with Gasteiger partial charge in [0.2, 0.25) is 15.9 Å². The maximum Gasteiger partial charge on any atom is 0.323 e. The largest absolute Gasteiger partial charge is 0.480 e. The Balaban J connectivity index is 1.70. The molecule has 1 aliphatic rings. The Morgan fingerprint density at radius 2 is 2.07 bits per heavy atom. The van der Waals surface area contributed by atoms with Crippen LogP contribution in [0.1, 0.15) is 56.7 Å². The normalized spacial score (nSPS) is 14.4. The highest BCUT2D eigenvalue weighted by Gasteiger charge is 2.24. The van der Waals surface area contributed by atoms with Gasteiger partial charge in [-0.2, -0.15) is 4.72 Å². The lowest BCUT2D eigenvalue weighted by Gasteiger charge is -2.17. The SMILES string of the molecule is CCCCS(=O)(=O)N[C@@H](CNC(=O)CCCCc1ccc2c(n1)NCCC2)C(=O)O. The van der Waals surface area contributed by atoms with E-state index >= 15 is 0 Å². The fourth-order valence-corrected chi connectivity index (χ4v) is 4.60. The van der Waals surface area contributed by atoms with Crippen LogP contribution in [0.2, 0.25) is 0 Å². The van der Waals surface area contributed by atoms with Crippen molar-refractivity contribution in [2.45, 2.75) is 64.3 Å². The number of fused-ring (bicyclic) bond motifs is 1. The van der Waals surface area contributed by atoms with Crippen LogP contribution in [0, 0.1) is 0 Å². The van der Waals surface area contributed by atoms with Crippen LogP contribution in [0.3, 0.4) is 0 Å². The standard InChI is InChI=1S/C20H32N4O5S/c1-2-3-13-30(28,29)24-17(20(26)27)14-22-18(25)9-5-4-8-16-11-10-15-7-6-12-21-19(15)23-16/h10-11,17,24H,2-9,12-14H2,1H3,(H,21,23)(H,22,25)(H,26,27)/t17-/m0/s1. The average Bonchev–Trinajstić information content (AvgIpc) is 2.72. The fraction of sp³-hybridized carbons (Fsp3) is 0.650. The molecule has 0 saturated heterocycles. The molecule has 168 valence electrons. The van der Waals surface area contributed by atoms with Crippen LogP contribution in [0.25, 0.3) is 0 Å². The van der Waals surface area contributed by atoms with Gasteiger partial charge in [0.15, 0.2) is 0 Å². The molecule has 0 aliphatic carbocycles. The summed E-state index contributed by atoms with van der Waals surface area (Å²) in [4.78, 5) is 27.9. The number of nitrogens with one attached hydrogen (secondary N) is 3. The first kappa shape index (κ1) is 24.1. The molecule has 2 heterocycles. The van der Waals surface area contributed by atoms with Gasteiger partial charge in [-0.3, -0.25) is 9.59 Å². The monoisotopic (exact) mass is 440 g/mol. The molecule has 0 aromatic carbocycles. The van der Waals surface area contributed by atoms with E-state index in [2.05, 4.69) is 26.4 Å². The Bertz CT molecular complexity index is 828. The van der Waals surface area contributed by atoms with E-state index < -0.39 is 22.0 Å². The zero-order valence-electron chi connectivity index (χ0n) is 17.4. The topological polar surface area (TPSA) is 137 Å². The minimum absolute atomic E-state index is 0.131. The van der Waals surface area contributed by atoms with Crippen molar-refractivity contribution in [2.24, 2.45) is 0 Å². The molecule has 2 rings (SSSR count). The van der Waals surface area contributed by atoms with Crippen LogP contribution >= 0.6 is 0 Å². The van der Waals surface area contributed by atoms with Gasteiger partial charge >= 0.3 is 5.97 Å². The number of rotatable bonds is 13. The van der Waals surface area contributed by atoms with Crippen LogP contribution in [0.4, 0.5) is 5.82 Å². The van der Waals surface area contributed by atoms with Gasteiger partial charge in [0.1, 0.15) is 11.9 Å². The first-order valence-electron chi connectivity index (χ1n) is 10.5. The number of carboxylic acids is 1. The van der Waals surface area contributed by atoms with Gasteiger partial charge in [-0.25, -0.2) is 13.4 Å². The quantitative estimate of drug-likeness (QED) is 0.341. The number of unbranched alkanes of at least 4 members (excludes halogenated alkanes) is 2. The second-order valence-corrected chi connectivity index (χ2v) is 9.41. The maximum absolute atomic E-state index is 12.0. The van der Waals surface area contributed by atoms with E-state index in [1.807, 2.05) is 13.0 Å². The van der Waals surface area contributed by atoms with Crippen molar-refractivity contribution in [3.8, 4) is 0 Å². The number of anilines is 1. The Morgan fingerprint density at radius 3 is 2.80 bits per heavy atom. The molecule has 0 fully saturated rings. The maximum atomic E-state index is 12.0. The van der Waals surface area contributed by atoms with Crippen LogP contribution < -0.4 is 15.4 Å². The van der Waals surface area contributed by atoms with Gasteiger partial charge in [0, 0.05) is 25.2 Å². The molecule has 0 radical (unpaired) electrons. The highest BCUT2D eigenvalue weighted by atomic mass is 32.2. The van der Waals surface area contributed by atoms with Crippen molar-refractivity contribution < 1.29 is 23.1 Å². The van der Waals surface area contributed by atoms with E-state index in [4.69, 9.17) is 0 Å². The van der Waals surface area contributed by atoms with E-state index in [9.17, 15) is 23.1 Å². The minimum atomic E-state index is -3.69. The van der Waals surface area contributed by atoms with Crippen molar-refractivity contribution in [1.29, 1.82) is 0 Å². The number of carboxylic acid groups (broad SMARTS) is 1. The molecule has 4 N–H and O–H groups in total. The third-order valence-corrected chi connectivity index (χ3v) is 6.40. The zero-order valence-corrected chi connectivity index (χ0v) is 18.3. The Kier molecular flexibility index (Phi) is 9.51. The van der Waals surface area contributed by atoms with Gasteiger partial charge < -0.3 is 15.7 Å². The number of sulfonamides is 1. The predicted octanol–water partition coefficient (Wildman–Crippen LogP) is 1.44. The summed E-state index contributed by atoms with van der Waals surface area (Å²) >= 11 is 0. The van der Waals surface area contributed by atoms with E-state index in [1.54, 1.807) is 0 Å². The second kappa shape index (κ2) is 11.8. The number of hydrogen-bond acceptors (Lipinski definition) is 6. The molecule has 10 heteroatoms. The Labute approximate surface area is 178 Å². The van der Waals surface area contributed by atoms with Crippen LogP contribution in [0.5, 0.6) is 0 Å². The highest BCUT2D eigenvalue weighted by Crippen LogP contribution is 2.20. The summed E-state index contributed by atoms with van der Waals surface area (Å²) < 4.78 is 25.9. The number of carbonyl (C=O) groups is 2. The number of amides is 1. The van der Waals surface area contributed by atoms with E-state index in [0.717, 1.165) is 43.7 Å². The first-order valence-corrected chi connectivity index (χ1v) is 12.2.